The lowest BCUT2D eigenvalue weighted by Gasteiger charge is -2.33. The van der Waals surface area contributed by atoms with Crippen molar-refractivity contribution in [3.05, 3.63) is 12.1 Å². The highest BCUT2D eigenvalue weighted by Crippen LogP contribution is 2.24. The van der Waals surface area contributed by atoms with Crippen LogP contribution in [0.2, 0.25) is 0 Å². The maximum Gasteiger partial charge on any atom is 0.223 e. The number of hydrogen-bond acceptors (Lipinski definition) is 7. The molecule has 0 aliphatic carbocycles. The van der Waals surface area contributed by atoms with Crippen molar-refractivity contribution >= 4 is 17.5 Å². The van der Waals surface area contributed by atoms with E-state index in [0.29, 0.717) is 0 Å². The van der Waals surface area contributed by atoms with Gasteiger partial charge in [0.1, 0.15) is 0 Å². The molecule has 172 valence electrons. The third kappa shape index (κ3) is 6.29. The van der Waals surface area contributed by atoms with Crippen LogP contribution in [0.4, 0.5) is 11.6 Å². The van der Waals surface area contributed by atoms with Gasteiger partial charge in [-0.25, -0.2) is 0 Å². The van der Waals surface area contributed by atoms with Gasteiger partial charge in [-0.3, -0.25) is 9.69 Å². The van der Waals surface area contributed by atoms with Gasteiger partial charge < -0.3 is 19.9 Å². The Kier molecular flexibility index (Phi) is 7.97. The number of anilines is 2. The smallest absolute Gasteiger partial charge is 0.223 e. The first-order valence-electron chi connectivity index (χ1n) is 12.1. The minimum absolute atomic E-state index is 0.113. The Balaban J connectivity index is 1.15. The summed E-state index contributed by atoms with van der Waals surface area (Å²) in [5.41, 5.74) is 0. The van der Waals surface area contributed by atoms with E-state index >= 15 is 0 Å². The molecule has 4 heterocycles. The number of carbonyl (C=O) groups excluding carboxylic acids is 1. The topological polar surface area (TPSA) is 73.8 Å². The predicted octanol–water partition coefficient (Wildman–Crippen LogP) is 1.77. The summed E-state index contributed by atoms with van der Waals surface area (Å²) in [5, 5.41) is 12.1. The van der Waals surface area contributed by atoms with Crippen LogP contribution in [0.5, 0.6) is 0 Å². The number of ether oxygens (including phenoxy) is 1. The van der Waals surface area contributed by atoms with Crippen LogP contribution >= 0.6 is 0 Å². The van der Waals surface area contributed by atoms with E-state index in [0.717, 1.165) is 102 Å². The van der Waals surface area contributed by atoms with E-state index < -0.39 is 0 Å². The fourth-order valence-corrected chi connectivity index (χ4v) is 4.75. The minimum Gasteiger partial charge on any atom is -0.379 e. The van der Waals surface area contributed by atoms with Crippen molar-refractivity contribution in [2.45, 2.75) is 39.0 Å². The first-order valence-corrected chi connectivity index (χ1v) is 12.1. The van der Waals surface area contributed by atoms with E-state index in [-0.39, 0.29) is 11.8 Å². The molecular formula is C23H38N6O2. The van der Waals surface area contributed by atoms with Gasteiger partial charge in [-0.2, -0.15) is 0 Å². The van der Waals surface area contributed by atoms with E-state index in [1.165, 1.54) is 12.8 Å². The monoisotopic (exact) mass is 430 g/mol. The normalized spacial score (nSPS) is 22.0. The summed E-state index contributed by atoms with van der Waals surface area (Å²) < 4.78 is 5.38. The van der Waals surface area contributed by atoms with Crippen LogP contribution in [0.1, 0.15) is 39.0 Å². The van der Waals surface area contributed by atoms with Crippen molar-refractivity contribution in [3.63, 3.8) is 0 Å². The predicted molar refractivity (Wildman–Crippen MR) is 122 cm³/mol. The maximum atomic E-state index is 12.5. The van der Waals surface area contributed by atoms with Gasteiger partial charge in [-0.15, -0.1) is 10.2 Å². The average molecular weight is 431 g/mol. The van der Waals surface area contributed by atoms with Crippen molar-refractivity contribution in [1.29, 1.82) is 0 Å². The Bertz CT molecular complexity index is 678. The molecule has 3 saturated heterocycles. The molecule has 1 N–H and O–H groups in total. The number of aromatic nitrogens is 2. The number of nitrogens with one attached hydrogen (secondary N) is 1. The van der Waals surface area contributed by atoms with Crippen LogP contribution < -0.4 is 15.1 Å². The summed E-state index contributed by atoms with van der Waals surface area (Å²) in [7, 11) is 0. The Labute approximate surface area is 186 Å². The van der Waals surface area contributed by atoms with Crippen LogP contribution in [-0.4, -0.2) is 86.6 Å². The Hall–Kier alpha value is -1.93. The third-order valence-electron chi connectivity index (χ3n) is 6.99. The zero-order valence-corrected chi connectivity index (χ0v) is 19.0. The van der Waals surface area contributed by atoms with Crippen molar-refractivity contribution in [2.24, 2.45) is 11.8 Å². The molecule has 8 heteroatoms. The largest absolute Gasteiger partial charge is 0.379 e. The van der Waals surface area contributed by atoms with Gasteiger partial charge in [0, 0.05) is 51.7 Å². The molecule has 8 nitrogen and oxygen atoms in total. The van der Waals surface area contributed by atoms with Crippen molar-refractivity contribution < 1.29 is 9.53 Å². The van der Waals surface area contributed by atoms with E-state index in [4.69, 9.17) is 4.74 Å². The molecule has 31 heavy (non-hydrogen) atoms. The summed E-state index contributed by atoms with van der Waals surface area (Å²) in [4.78, 5) is 19.5. The zero-order chi connectivity index (χ0) is 21.5. The number of hydrogen-bond donors (Lipinski definition) is 1. The average Bonchev–Trinajstić information content (AvgIpc) is 2.83. The molecule has 0 unspecified atom stereocenters. The number of amides is 1. The number of nitrogens with zero attached hydrogens (tertiary/aromatic N) is 5. The Morgan fingerprint density at radius 3 is 2.13 bits per heavy atom. The SMILES string of the molecule is CC1CCN(c2ccc(N3CCC(C(=O)NCCCN4CCOCC4)CC3)nn2)CC1. The lowest BCUT2D eigenvalue weighted by molar-refractivity contribution is -0.125. The van der Waals surface area contributed by atoms with Crippen molar-refractivity contribution in [1.82, 2.24) is 20.4 Å². The van der Waals surface area contributed by atoms with Gasteiger partial charge in [0.25, 0.3) is 0 Å². The lowest BCUT2D eigenvalue weighted by atomic mass is 9.96. The molecule has 1 aromatic heterocycles. The van der Waals surface area contributed by atoms with Gasteiger partial charge in [-0.05, 0) is 56.7 Å². The molecule has 0 bridgehead atoms. The van der Waals surface area contributed by atoms with Crippen LogP contribution in [-0.2, 0) is 9.53 Å². The Morgan fingerprint density at radius 2 is 1.55 bits per heavy atom. The molecule has 3 fully saturated rings. The molecule has 1 aromatic rings. The zero-order valence-electron chi connectivity index (χ0n) is 19.0. The molecule has 4 rings (SSSR count). The number of carbonyl (C=O) groups is 1. The van der Waals surface area contributed by atoms with Gasteiger partial charge in [0.2, 0.25) is 5.91 Å². The fourth-order valence-electron chi connectivity index (χ4n) is 4.75. The first kappa shape index (κ1) is 22.3. The number of piperidine rings is 2. The molecule has 3 aliphatic heterocycles. The van der Waals surface area contributed by atoms with Gasteiger partial charge in [0.15, 0.2) is 11.6 Å². The second kappa shape index (κ2) is 11.1. The molecular weight excluding hydrogens is 392 g/mol. The van der Waals surface area contributed by atoms with Crippen LogP contribution in [0.15, 0.2) is 12.1 Å². The molecule has 0 aromatic carbocycles. The van der Waals surface area contributed by atoms with E-state index in [1.54, 1.807) is 0 Å². The molecule has 0 saturated carbocycles. The molecule has 0 radical (unpaired) electrons. The number of rotatable bonds is 7. The summed E-state index contributed by atoms with van der Waals surface area (Å²) in [6.07, 6.45) is 5.21. The highest BCUT2D eigenvalue weighted by Gasteiger charge is 2.26. The highest BCUT2D eigenvalue weighted by molar-refractivity contribution is 5.78. The van der Waals surface area contributed by atoms with E-state index in [2.05, 4.69) is 49.3 Å². The lowest BCUT2D eigenvalue weighted by Crippen LogP contribution is -2.42. The van der Waals surface area contributed by atoms with Crippen LogP contribution in [0, 0.1) is 11.8 Å². The van der Waals surface area contributed by atoms with Crippen LogP contribution in [0.25, 0.3) is 0 Å². The van der Waals surface area contributed by atoms with Crippen molar-refractivity contribution in [2.75, 3.05) is 75.4 Å². The summed E-state index contributed by atoms with van der Waals surface area (Å²) >= 11 is 0. The highest BCUT2D eigenvalue weighted by atomic mass is 16.5. The second-order valence-corrected chi connectivity index (χ2v) is 9.28. The quantitative estimate of drug-likeness (QED) is 0.661. The second-order valence-electron chi connectivity index (χ2n) is 9.28. The molecule has 0 atom stereocenters. The summed E-state index contributed by atoms with van der Waals surface area (Å²) in [6, 6.07) is 4.19. The minimum atomic E-state index is 0.113. The fraction of sp³-hybridized carbons (Fsp3) is 0.783. The Morgan fingerprint density at radius 1 is 0.968 bits per heavy atom. The summed E-state index contributed by atoms with van der Waals surface area (Å²) in [6.45, 7) is 11.7. The van der Waals surface area contributed by atoms with Crippen molar-refractivity contribution in [3.8, 4) is 0 Å². The summed E-state index contributed by atoms with van der Waals surface area (Å²) in [5.74, 6) is 3.05. The third-order valence-corrected chi connectivity index (χ3v) is 6.99. The van der Waals surface area contributed by atoms with Gasteiger partial charge in [0.05, 0.1) is 13.2 Å². The molecule has 1 amide bonds. The van der Waals surface area contributed by atoms with Gasteiger partial charge in [-0.1, -0.05) is 6.92 Å². The van der Waals surface area contributed by atoms with Crippen LogP contribution in [0.3, 0.4) is 0 Å². The van der Waals surface area contributed by atoms with E-state index in [9.17, 15) is 4.79 Å². The first-order chi connectivity index (χ1) is 15.2. The van der Waals surface area contributed by atoms with Gasteiger partial charge >= 0.3 is 0 Å². The standard InChI is InChI=1S/C23H38N6O2/c1-19-5-11-28(12-6-19)21-3-4-22(26-25-21)29-13-7-20(8-14-29)23(30)24-9-2-10-27-15-17-31-18-16-27/h3-4,19-20H,2,5-18H2,1H3,(H,24,30). The van der Waals surface area contributed by atoms with E-state index in [1.807, 2.05) is 0 Å². The maximum absolute atomic E-state index is 12.5. The molecule has 0 spiro atoms. The number of morpholine rings is 1. The molecule has 3 aliphatic rings.